The van der Waals surface area contributed by atoms with Crippen LogP contribution in [0.5, 0.6) is 0 Å². The lowest BCUT2D eigenvalue weighted by Gasteiger charge is -2.20. The van der Waals surface area contributed by atoms with Gasteiger partial charge < -0.3 is 20.3 Å². The van der Waals surface area contributed by atoms with E-state index in [0.717, 1.165) is 12.8 Å². The third-order valence-corrected chi connectivity index (χ3v) is 1.95. The molecule has 0 aromatic rings. The smallest absolute Gasteiger partial charge is 0.0955 e. The molecule has 0 aromatic heterocycles. The van der Waals surface area contributed by atoms with E-state index in [-0.39, 0.29) is 18.8 Å². The molecule has 13 heavy (non-hydrogen) atoms. The van der Waals surface area contributed by atoms with Gasteiger partial charge in [0, 0.05) is 26.4 Å². The molecule has 0 saturated heterocycles. The predicted molar refractivity (Wildman–Crippen MR) is 51.6 cm³/mol. The molecule has 0 aromatic carbocycles. The van der Waals surface area contributed by atoms with Gasteiger partial charge in [0.25, 0.3) is 0 Å². The Balaban J connectivity index is 3.47. The zero-order valence-corrected chi connectivity index (χ0v) is 8.53. The number of hydrogen-bond donors (Lipinski definition) is 2. The molecule has 4 nitrogen and oxygen atoms in total. The molecule has 0 bridgehead atoms. The van der Waals surface area contributed by atoms with Gasteiger partial charge in [-0.1, -0.05) is 6.92 Å². The standard InChI is InChI=1S/C9H21NO3/c1-3-8(10)9(7-11)13-6-4-5-12-2/h8-9,11H,3-7,10H2,1-2H3. The maximum absolute atomic E-state index is 8.95. The van der Waals surface area contributed by atoms with Crippen LogP contribution in [-0.2, 0) is 9.47 Å². The topological polar surface area (TPSA) is 64.7 Å². The van der Waals surface area contributed by atoms with E-state index in [1.807, 2.05) is 6.92 Å². The first kappa shape index (κ1) is 12.8. The Morgan fingerprint density at radius 1 is 1.38 bits per heavy atom. The minimum atomic E-state index is -0.234. The fourth-order valence-corrected chi connectivity index (χ4v) is 1.01. The van der Waals surface area contributed by atoms with Crippen molar-refractivity contribution < 1.29 is 14.6 Å². The minimum Gasteiger partial charge on any atom is -0.394 e. The number of hydrogen-bond acceptors (Lipinski definition) is 4. The van der Waals surface area contributed by atoms with Crippen LogP contribution in [0, 0.1) is 0 Å². The Bertz CT molecular complexity index is 111. The number of ether oxygens (including phenoxy) is 2. The molecule has 0 rings (SSSR count). The summed E-state index contributed by atoms with van der Waals surface area (Å²) in [7, 11) is 1.65. The fourth-order valence-electron chi connectivity index (χ4n) is 1.01. The maximum atomic E-state index is 8.95. The van der Waals surface area contributed by atoms with E-state index < -0.39 is 0 Å². The molecule has 0 aliphatic heterocycles. The third kappa shape index (κ3) is 5.99. The van der Waals surface area contributed by atoms with Gasteiger partial charge in [-0.15, -0.1) is 0 Å². The van der Waals surface area contributed by atoms with Crippen LogP contribution >= 0.6 is 0 Å². The lowest BCUT2D eigenvalue weighted by molar-refractivity contribution is -0.00980. The zero-order chi connectivity index (χ0) is 10.1. The van der Waals surface area contributed by atoms with E-state index in [2.05, 4.69) is 0 Å². The molecule has 3 N–H and O–H groups in total. The molecule has 0 amide bonds. The van der Waals surface area contributed by atoms with Gasteiger partial charge in [-0.3, -0.25) is 0 Å². The van der Waals surface area contributed by atoms with Crippen LogP contribution in [-0.4, -0.2) is 44.2 Å². The van der Waals surface area contributed by atoms with Gasteiger partial charge in [-0.05, 0) is 12.8 Å². The molecule has 4 heteroatoms. The maximum Gasteiger partial charge on any atom is 0.0955 e. The summed E-state index contributed by atoms with van der Waals surface area (Å²) in [6.07, 6.45) is 1.42. The van der Waals surface area contributed by atoms with Crippen LogP contribution in [0.15, 0.2) is 0 Å². The number of aliphatic hydroxyl groups is 1. The number of aliphatic hydroxyl groups excluding tert-OH is 1. The minimum absolute atomic E-state index is 0.0119. The summed E-state index contributed by atoms with van der Waals surface area (Å²) in [6, 6.07) is -0.0763. The summed E-state index contributed by atoms with van der Waals surface area (Å²) in [5.74, 6) is 0. The predicted octanol–water partition coefficient (Wildman–Crippen LogP) is 0.138. The number of rotatable bonds is 8. The van der Waals surface area contributed by atoms with Crippen molar-refractivity contribution >= 4 is 0 Å². The first-order valence-electron chi connectivity index (χ1n) is 4.73. The van der Waals surface area contributed by atoms with E-state index >= 15 is 0 Å². The summed E-state index contributed by atoms with van der Waals surface area (Å²) < 4.78 is 10.3. The van der Waals surface area contributed by atoms with Crippen molar-refractivity contribution in [2.24, 2.45) is 5.73 Å². The van der Waals surface area contributed by atoms with Crippen molar-refractivity contribution in [2.75, 3.05) is 26.9 Å². The van der Waals surface area contributed by atoms with Gasteiger partial charge in [0.1, 0.15) is 0 Å². The van der Waals surface area contributed by atoms with Crippen LogP contribution in [0.4, 0.5) is 0 Å². The first-order valence-corrected chi connectivity index (χ1v) is 4.73. The van der Waals surface area contributed by atoms with Crippen molar-refractivity contribution in [1.29, 1.82) is 0 Å². The van der Waals surface area contributed by atoms with Gasteiger partial charge in [-0.25, -0.2) is 0 Å². The SMILES string of the molecule is CCC(N)C(CO)OCCCOC. The molecular formula is C9H21NO3. The van der Waals surface area contributed by atoms with Gasteiger partial charge in [0.05, 0.1) is 12.7 Å². The monoisotopic (exact) mass is 191 g/mol. The first-order chi connectivity index (χ1) is 6.26. The van der Waals surface area contributed by atoms with Gasteiger partial charge in [0.15, 0.2) is 0 Å². The molecule has 0 saturated carbocycles. The van der Waals surface area contributed by atoms with Crippen molar-refractivity contribution in [3.8, 4) is 0 Å². The second-order valence-corrected chi connectivity index (χ2v) is 3.01. The zero-order valence-electron chi connectivity index (χ0n) is 8.53. The Kier molecular flexibility index (Phi) is 8.33. The molecule has 0 fully saturated rings. The Labute approximate surface area is 80.0 Å². The number of nitrogens with two attached hydrogens (primary N) is 1. The van der Waals surface area contributed by atoms with E-state index in [1.165, 1.54) is 0 Å². The van der Waals surface area contributed by atoms with E-state index in [1.54, 1.807) is 7.11 Å². The average Bonchev–Trinajstić information content (AvgIpc) is 2.17. The molecule has 0 spiro atoms. The van der Waals surface area contributed by atoms with E-state index in [0.29, 0.717) is 13.2 Å². The molecule has 0 radical (unpaired) electrons. The Morgan fingerprint density at radius 3 is 2.54 bits per heavy atom. The molecular weight excluding hydrogens is 170 g/mol. The van der Waals surface area contributed by atoms with E-state index in [9.17, 15) is 0 Å². The highest BCUT2D eigenvalue weighted by atomic mass is 16.5. The molecule has 0 aliphatic carbocycles. The second-order valence-electron chi connectivity index (χ2n) is 3.01. The Hall–Kier alpha value is -0.160. The molecule has 2 unspecified atom stereocenters. The summed E-state index contributed by atoms with van der Waals surface area (Å²) >= 11 is 0. The van der Waals surface area contributed by atoms with Crippen molar-refractivity contribution in [2.45, 2.75) is 31.9 Å². The van der Waals surface area contributed by atoms with E-state index in [4.69, 9.17) is 20.3 Å². The second kappa shape index (κ2) is 8.44. The van der Waals surface area contributed by atoms with Gasteiger partial charge in [-0.2, -0.15) is 0 Å². The summed E-state index contributed by atoms with van der Waals surface area (Å²) in [4.78, 5) is 0. The molecule has 2 atom stereocenters. The quantitative estimate of drug-likeness (QED) is 0.536. The third-order valence-electron chi connectivity index (χ3n) is 1.95. The van der Waals surface area contributed by atoms with Crippen molar-refractivity contribution in [3.05, 3.63) is 0 Å². The molecule has 0 heterocycles. The molecule has 0 aliphatic rings. The van der Waals surface area contributed by atoms with Gasteiger partial charge >= 0.3 is 0 Å². The lowest BCUT2D eigenvalue weighted by Crippen LogP contribution is -2.39. The van der Waals surface area contributed by atoms with Crippen LogP contribution in [0.25, 0.3) is 0 Å². The van der Waals surface area contributed by atoms with Crippen LogP contribution in [0.1, 0.15) is 19.8 Å². The summed E-state index contributed by atoms with van der Waals surface area (Å²) in [6.45, 7) is 3.24. The van der Waals surface area contributed by atoms with Gasteiger partial charge in [0.2, 0.25) is 0 Å². The highest BCUT2D eigenvalue weighted by Gasteiger charge is 2.14. The van der Waals surface area contributed by atoms with Crippen LogP contribution < -0.4 is 5.73 Å². The highest BCUT2D eigenvalue weighted by Crippen LogP contribution is 2.01. The van der Waals surface area contributed by atoms with Crippen molar-refractivity contribution in [3.63, 3.8) is 0 Å². The fraction of sp³-hybridized carbons (Fsp3) is 1.00. The Morgan fingerprint density at radius 2 is 2.08 bits per heavy atom. The normalized spacial score (nSPS) is 15.7. The van der Waals surface area contributed by atoms with Crippen molar-refractivity contribution in [1.82, 2.24) is 0 Å². The van der Waals surface area contributed by atoms with Crippen LogP contribution in [0.3, 0.4) is 0 Å². The molecule has 80 valence electrons. The highest BCUT2D eigenvalue weighted by molar-refractivity contribution is 4.70. The largest absolute Gasteiger partial charge is 0.394 e. The average molecular weight is 191 g/mol. The van der Waals surface area contributed by atoms with Crippen LogP contribution in [0.2, 0.25) is 0 Å². The summed E-state index contributed by atoms with van der Waals surface area (Å²) in [5, 5.41) is 8.95. The number of methoxy groups -OCH3 is 1. The lowest BCUT2D eigenvalue weighted by atomic mass is 10.1. The summed E-state index contributed by atoms with van der Waals surface area (Å²) in [5.41, 5.74) is 5.73.